The van der Waals surface area contributed by atoms with Gasteiger partial charge in [0, 0.05) is 33.2 Å². The second-order valence-corrected chi connectivity index (χ2v) is 9.35. The lowest BCUT2D eigenvalue weighted by molar-refractivity contribution is 0.196. The smallest absolute Gasteiger partial charge is 0.279 e. The van der Waals surface area contributed by atoms with E-state index in [4.69, 9.17) is 10.5 Å². The summed E-state index contributed by atoms with van der Waals surface area (Å²) in [5, 5.41) is 4.07. The number of piperazine rings is 1. The van der Waals surface area contributed by atoms with E-state index in [1.54, 1.807) is 14.0 Å². The number of fused-ring (bicyclic) bond motifs is 1. The zero-order chi connectivity index (χ0) is 23.0. The molecule has 3 aromatic rings. The minimum Gasteiger partial charge on any atom is -0.477 e. The number of nitrogens with one attached hydrogen (secondary N) is 1. The van der Waals surface area contributed by atoms with E-state index in [2.05, 4.69) is 25.0 Å². The number of nitrogen functional groups attached to an aromatic ring is 1. The number of sulfonamides is 1. The lowest BCUT2D eigenvalue weighted by atomic mass is 10.2. The van der Waals surface area contributed by atoms with Crippen molar-refractivity contribution in [3.05, 3.63) is 22.6 Å². The van der Waals surface area contributed by atoms with Gasteiger partial charge in [-0.25, -0.2) is 18.4 Å². The number of H-pyrrole nitrogens is 1. The van der Waals surface area contributed by atoms with Gasteiger partial charge in [-0.15, -0.1) is 0 Å². The predicted octanol–water partition coefficient (Wildman–Crippen LogP) is 0.0257. The molecule has 0 unspecified atom stereocenters. The molecule has 4 rings (SSSR count). The highest BCUT2D eigenvalue weighted by molar-refractivity contribution is 7.89. The molecule has 0 aliphatic carbocycles. The van der Waals surface area contributed by atoms with E-state index in [1.807, 2.05) is 6.92 Å². The summed E-state index contributed by atoms with van der Waals surface area (Å²) in [6, 6.07) is 1.43. The molecular weight excluding hydrogens is 436 g/mol. The van der Waals surface area contributed by atoms with Crippen molar-refractivity contribution < 1.29 is 13.2 Å². The maximum Gasteiger partial charge on any atom is 0.279 e. The number of ether oxygens (including phenoxy) is 1. The first-order chi connectivity index (χ1) is 15.3. The predicted molar refractivity (Wildman–Crippen MR) is 119 cm³/mol. The largest absolute Gasteiger partial charge is 0.477 e. The van der Waals surface area contributed by atoms with Gasteiger partial charge in [0.25, 0.3) is 5.56 Å². The lowest BCUT2D eigenvalue weighted by Crippen LogP contribution is -2.48. The van der Waals surface area contributed by atoms with E-state index in [1.165, 1.54) is 21.3 Å². The van der Waals surface area contributed by atoms with Gasteiger partial charge in [-0.1, -0.05) is 6.92 Å². The van der Waals surface area contributed by atoms with E-state index in [-0.39, 0.29) is 39.0 Å². The Labute approximate surface area is 185 Å². The van der Waals surface area contributed by atoms with Gasteiger partial charge in [0.2, 0.25) is 15.9 Å². The third-order valence-corrected chi connectivity index (χ3v) is 7.38. The number of rotatable bonds is 6. The van der Waals surface area contributed by atoms with Gasteiger partial charge in [-0.2, -0.15) is 9.40 Å². The Kier molecular flexibility index (Phi) is 5.88. The number of likely N-dealkylation sites (N-methyl/N-ethyl adjacent to an activating group) is 1. The Morgan fingerprint density at radius 1 is 1.19 bits per heavy atom. The van der Waals surface area contributed by atoms with Gasteiger partial charge in [-0.05, 0) is 19.5 Å². The average Bonchev–Trinajstić information content (AvgIpc) is 3.08. The van der Waals surface area contributed by atoms with Crippen LogP contribution in [0.5, 0.6) is 5.88 Å². The average molecular weight is 463 g/mol. The molecule has 12 nitrogen and oxygen atoms in total. The van der Waals surface area contributed by atoms with Crippen LogP contribution in [0.15, 0.2) is 22.0 Å². The van der Waals surface area contributed by atoms with Crippen LogP contribution < -0.4 is 16.0 Å². The number of nitrogens with zero attached hydrogens (tertiary/aromatic N) is 6. The maximum absolute atomic E-state index is 13.3. The third-order valence-electron chi connectivity index (χ3n) is 5.51. The Morgan fingerprint density at radius 2 is 1.91 bits per heavy atom. The first-order valence-electron chi connectivity index (χ1n) is 10.3. The van der Waals surface area contributed by atoms with Gasteiger partial charge in [0.1, 0.15) is 22.1 Å². The lowest BCUT2D eigenvalue weighted by Gasteiger charge is -2.33. The summed E-state index contributed by atoms with van der Waals surface area (Å²) in [6.45, 7) is 7.12. The fraction of sp³-hybridized carbons (Fsp3) is 0.474. The minimum absolute atomic E-state index is 0.00260. The molecular formula is C19H26N8O4S. The topological polar surface area (TPSA) is 152 Å². The molecule has 3 N–H and O–H groups in total. The molecule has 0 saturated carbocycles. The Balaban J connectivity index is 1.81. The Hall–Kier alpha value is -3.03. The number of aromatic amines is 1. The normalized spacial score (nSPS) is 16.0. The number of nitrogens with two attached hydrogens (primary N) is 1. The summed E-state index contributed by atoms with van der Waals surface area (Å²) >= 11 is 0. The van der Waals surface area contributed by atoms with Crippen molar-refractivity contribution in [2.75, 3.05) is 45.1 Å². The van der Waals surface area contributed by atoms with Crippen LogP contribution >= 0.6 is 0 Å². The first kappa shape index (κ1) is 22.2. The molecule has 0 radical (unpaired) electrons. The van der Waals surface area contributed by atoms with Crippen LogP contribution in [0.3, 0.4) is 0 Å². The fourth-order valence-corrected chi connectivity index (χ4v) is 5.05. The highest BCUT2D eigenvalue weighted by Gasteiger charge is 2.30. The number of aryl methyl sites for hydroxylation is 1. The van der Waals surface area contributed by atoms with Crippen molar-refractivity contribution in [1.82, 2.24) is 33.9 Å². The maximum atomic E-state index is 13.3. The van der Waals surface area contributed by atoms with Gasteiger partial charge < -0.3 is 20.4 Å². The number of pyridine rings is 1. The van der Waals surface area contributed by atoms with E-state index in [9.17, 15) is 13.2 Å². The van der Waals surface area contributed by atoms with Crippen molar-refractivity contribution in [2.24, 2.45) is 7.05 Å². The molecule has 1 aliphatic rings. The highest BCUT2D eigenvalue weighted by Crippen LogP contribution is 2.30. The van der Waals surface area contributed by atoms with Crippen LogP contribution in [0.4, 0.5) is 5.82 Å². The Morgan fingerprint density at radius 3 is 2.56 bits per heavy atom. The van der Waals surface area contributed by atoms with E-state index < -0.39 is 15.6 Å². The van der Waals surface area contributed by atoms with Crippen LogP contribution in [0.1, 0.15) is 13.8 Å². The van der Waals surface area contributed by atoms with Crippen LogP contribution in [0, 0.1) is 0 Å². The third kappa shape index (κ3) is 3.82. The van der Waals surface area contributed by atoms with E-state index in [0.717, 1.165) is 6.54 Å². The van der Waals surface area contributed by atoms with Crippen molar-refractivity contribution in [2.45, 2.75) is 18.7 Å². The summed E-state index contributed by atoms with van der Waals surface area (Å²) in [6.07, 6.45) is 1.27. The summed E-state index contributed by atoms with van der Waals surface area (Å²) < 4.78 is 34.9. The van der Waals surface area contributed by atoms with Crippen LogP contribution in [-0.4, -0.2) is 81.7 Å². The minimum atomic E-state index is -3.78. The number of aromatic nitrogens is 5. The molecule has 1 aliphatic heterocycles. The molecule has 0 aromatic carbocycles. The van der Waals surface area contributed by atoms with Gasteiger partial charge >= 0.3 is 0 Å². The zero-order valence-electron chi connectivity index (χ0n) is 18.2. The highest BCUT2D eigenvalue weighted by atomic mass is 32.2. The molecule has 3 aromatic heterocycles. The van der Waals surface area contributed by atoms with E-state index >= 15 is 0 Å². The number of hydrogen-bond acceptors (Lipinski definition) is 9. The van der Waals surface area contributed by atoms with Crippen molar-refractivity contribution in [3.8, 4) is 17.3 Å². The molecule has 13 heteroatoms. The SMILES string of the molecule is CCOc1ncc(S(=O)(=O)N2CCN(CC)CC2)cc1-c1nc2c(N)n(C)nc2c(=O)[nH]1. The zero-order valence-corrected chi connectivity index (χ0v) is 19.0. The van der Waals surface area contributed by atoms with Crippen LogP contribution in [0.25, 0.3) is 22.4 Å². The van der Waals surface area contributed by atoms with Gasteiger partial charge in [0.05, 0.1) is 18.4 Å². The summed E-state index contributed by atoms with van der Waals surface area (Å²) in [5.41, 5.74) is 6.07. The fourth-order valence-electron chi connectivity index (χ4n) is 3.65. The molecule has 1 fully saturated rings. The molecule has 32 heavy (non-hydrogen) atoms. The van der Waals surface area contributed by atoms with Crippen molar-refractivity contribution >= 4 is 26.9 Å². The summed E-state index contributed by atoms with van der Waals surface area (Å²) in [7, 11) is -2.18. The molecule has 1 saturated heterocycles. The second kappa shape index (κ2) is 8.48. The summed E-state index contributed by atoms with van der Waals surface area (Å²) in [4.78, 5) is 26.1. The van der Waals surface area contributed by atoms with Crippen LogP contribution in [0.2, 0.25) is 0 Å². The molecule has 172 valence electrons. The van der Waals surface area contributed by atoms with E-state index in [0.29, 0.717) is 32.8 Å². The number of anilines is 1. The van der Waals surface area contributed by atoms with Crippen molar-refractivity contribution in [3.63, 3.8) is 0 Å². The van der Waals surface area contributed by atoms with Crippen LogP contribution in [-0.2, 0) is 17.1 Å². The number of hydrogen-bond donors (Lipinski definition) is 2. The molecule has 0 atom stereocenters. The van der Waals surface area contributed by atoms with Gasteiger partial charge in [-0.3, -0.25) is 9.48 Å². The quantitative estimate of drug-likeness (QED) is 0.516. The Bertz CT molecular complexity index is 1310. The molecule has 4 heterocycles. The van der Waals surface area contributed by atoms with Gasteiger partial charge in [0.15, 0.2) is 5.52 Å². The first-order valence-corrected chi connectivity index (χ1v) is 11.8. The molecule has 0 amide bonds. The summed E-state index contributed by atoms with van der Waals surface area (Å²) in [5.74, 6) is 0.481. The second-order valence-electron chi connectivity index (χ2n) is 7.42. The molecule has 0 spiro atoms. The standard InChI is InChI=1S/C19H26N8O4S/c1-4-26-6-8-27(9-7-26)32(29,30)12-10-13(19(21-11-12)31-5-2)17-22-14-15(18(28)23-17)24-25(3)16(14)20/h10-11H,4-9,20H2,1-3H3,(H,22,23,28). The molecule has 0 bridgehead atoms. The van der Waals surface area contributed by atoms with Crippen molar-refractivity contribution in [1.29, 1.82) is 0 Å². The monoisotopic (exact) mass is 462 g/mol.